The molecule has 1 amide bonds. The normalized spacial score (nSPS) is 15.1. The third kappa shape index (κ3) is 5.78. The molecule has 0 bridgehead atoms. The Hall–Kier alpha value is -0.570. The van der Waals surface area contributed by atoms with Crippen molar-refractivity contribution in [3.63, 3.8) is 0 Å². The lowest BCUT2D eigenvalue weighted by molar-refractivity contribution is -0.125. The number of hydrogen-bond donors (Lipinski definition) is 2. The van der Waals surface area contributed by atoms with Gasteiger partial charge in [0, 0.05) is 12.0 Å². The maximum atomic E-state index is 11.8. The lowest BCUT2D eigenvalue weighted by atomic mass is 9.98. The first-order valence-corrected chi connectivity index (χ1v) is 6.03. The van der Waals surface area contributed by atoms with Gasteiger partial charge in [0.05, 0.1) is 0 Å². The van der Waals surface area contributed by atoms with Gasteiger partial charge in [-0.25, -0.2) is 0 Å². The molecule has 3 heteroatoms. The average Bonchev–Trinajstić information content (AvgIpc) is 2.17. The van der Waals surface area contributed by atoms with Gasteiger partial charge in [-0.2, -0.15) is 0 Å². The number of hydrogen-bond acceptors (Lipinski definition) is 2. The quantitative estimate of drug-likeness (QED) is 0.680. The molecule has 0 saturated heterocycles. The molecule has 0 radical (unpaired) electrons. The third-order valence-corrected chi connectivity index (χ3v) is 2.78. The summed E-state index contributed by atoms with van der Waals surface area (Å²) < 4.78 is 0. The monoisotopic (exact) mass is 214 g/mol. The number of rotatable bonds is 7. The fourth-order valence-electron chi connectivity index (χ4n) is 1.64. The van der Waals surface area contributed by atoms with Crippen molar-refractivity contribution < 1.29 is 4.79 Å². The zero-order valence-corrected chi connectivity index (χ0v) is 10.5. The largest absolute Gasteiger partial charge is 0.353 e. The van der Waals surface area contributed by atoms with Crippen LogP contribution in [0, 0.1) is 11.8 Å². The van der Waals surface area contributed by atoms with Crippen LogP contribution >= 0.6 is 0 Å². The molecule has 0 rings (SSSR count). The first-order valence-electron chi connectivity index (χ1n) is 6.03. The number of carbonyl (C=O) groups excluding carboxylic acids is 1. The molecular formula is C12H26N2O. The molecule has 2 atom stereocenters. The second-order valence-electron chi connectivity index (χ2n) is 4.63. The first-order chi connectivity index (χ1) is 7.02. The molecule has 0 aromatic rings. The van der Waals surface area contributed by atoms with Crippen LogP contribution in [0.15, 0.2) is 0 Å². The lowest BCUT2D eigenvalue weighted by Gasteiger charge is -2.23. The van der Waals surface area contributed by atoms with E-state index in [-0.39, 0.29) is 17.9 Å². The molecule has 0 aliphatic rings. The molecule has 0 saturated carbocycles. The smallest absolute Gasteiger partial charge is 0.223 e. The standard InChI is InChI=1S/C12H26N2O/c1-5-6-10(4)12(15)14-11(7-8-13)9(2)3/h9-11H,5-8,13H2,1-4H3,(H,14,15). The van der Waals surface area contributed by atoms with Crippen molar-refractivity contribution >= 4 is 5.91 Å². The van der Waals surface area contributed by atoms with E-state index >= 15 is 0 Å². The molecule has 0 aliphatic heterocycles. The van der Waals surface area contributed by atoms with Crippen LogP contribution in [-0.2, 0) is 4.79 Å². The van der Waals surface area contributed by atoms with Crippen LogP contribution < -0.4 is 11.1 Å². The Kier molecular flexibility index (Phi) is 7.39. The Labute approximate surface area is 93.8 Å². The Balaban J connectivity index is 4.09. The molecule has 15 heavy (non-hydrogen) atoms. The highest BCUT2D eigenvalue weighted by molar-refractivity contribution is 5.78. The van der Waals surface area contributed by atoms with Crippen LogP contribution in [0.2, 0.25) is 0 Å². The molecule has 0 aromatic carbocycles. The number of carbonyl (C=O) groups is 1. The first kappa shape index (κ1) is 14.4. The Morgan fingerprint density at radius 1 is 1.27 bits per heavy atom. The summed E-state index contributed by atoms with van der Waals surface area (Å²) in [6.45, 7) is 8.95. The van der Waals surface area contributed by atoms with E-state index in [1.54, 1.807) is 0 Å². The van der Waals surface area contributed by atoms with Crippen LogP contribution in [-0.4, -0.2) is 18.5 Å². The number of nitrogens with one attached hydrogen (secondary N) is 1. The van der Waals surface area contributed by atoms with E-state index in [4.69, 9.17) is 5.73 Å². The molecule has 3 nitrogen and oxygen atoms in total. The summed E-state index contributed by atoms with van der Waals surface area (Å²) in [6.07, 6.45) is 2.87. The van der Waals surface area contributed by atoms with Crippen molar-refractivity contribution in [3.8, 4) is 0 Å². The fraction of sp³-hybridized carbons (Fsp3) is 0.917. The summed E-state index contributed by atoms with van der Waals surface area (Å²) >= 11 is 0. The van der Waals surface area contributed by atoms with E-state index in [2.05, 4.69) is 26.1 Å². The molecule has 2 unspecified atom stereocenters. The minimum Gasteiger partial charge on any atom is -0.353 e. The van der Waals surface area contributed by atoms with Crippen molar-refractivity contribution in [2.45, 2.75) is 53.0 Å². The maximum Gasteiger partial charge on any atom is 0.223 e. The summed E-state index contributed by atoms with van der Waals surface area (Å²) in [5, 5.41) is 3.08. The van der Waals surface area contributed by atoms with Gasteiger partial charge in [0.1, 0.15) is 0 Å². The Morgan fingerprint density at radius 3 is 2.27 bits per heavy atom. The van der Waals surface area contributed by atoms with Gasteiger partial charge in [-0.3, -0.25) is 4.79 Å². The Bertz CT molecular complexity index is 180. The SMILES string of the molecule is CCCC(C)C(=O)NC(CCN)C(C)C. The van der Waals surface area contributed by atoms with Gasteiger partial charge in [0.25, 0.3) is 0 Å². The predicted octanol–water partition coefficient (Wildman–Crippen LogP) is 1.91. The number of nitrogens with two attached hydrogens (primary N) is 1. The van der Waals surface area contributed by atoms with Gasteiger partial charge >= 0.3 is 0 Å². The van der Waals surface area contributed by atoms with Crippen LogP contribution in [0.3, 0.4) is 0 Å². The van der Waals surface area contributed by atoms with E-state index in [1.807, 2.05) is 6.92 Å². The molecule has 90 valence electrons. The number of amides is 1. The molecule has 0 aromatic heterocycles. The zero-order valence-electron chi connectivity index (χ0n) is 10.5. The van der Waals surface area contributed by atoms with Crippen molar-refractivity contribution in [1.82, 2.24) is 5.32 Å². The topological polar surface area (TPSA) is 55.1 Å². The van der Waals surface area contributed by atoms with E-state index < -0.39 is 0 Å². The van der Waals surface area contributed by atoms with E-state index in [9.17, 15) is 4.79 Å². The zero-order chi connectivity index (χ0) is 11.8. The molecule has 3 N–H and O–H groups in total. The Morgan fingerprint density at radius 2 is 1.87 bits per heavy atom. The highest BCUT2D eigenvalue weighted by atomic mass is 16.1. The van der Waals surface area contributed by atoms with Crippen LogP contribution in [0.25, 0.3) is 0 Å². The summed E-state index contributed by atoms with van der Waals surface area (Å²) in [6, 6.07) is 0.224. The third-order valence-electron chi connectivity index (χ3n) is 2.78. The van der Waals surface area contributed by atoms with Crippen molar-refractivity contribution in [1.29, 1.82) is 0 Å². The average molecular weight is 214 g/mol. The van der Waals surface area contributed by atoms with E-state index in [1.165, 1.54) is 0 Å². The summed E-state index contributed by atoms with van der Waals surface area (Å²) in [5.74, 6) is 0.740. The van der Waals surface area contributed by atoms with Gasteiger partial charge < -0.3 is 11.1 Å². The predicted molar refractivity (Wildman–Crippen MR) is 64.5 cm³/mol. The van der Waals surface area contributed by atoms with Gasteiger partial charge in [-0.1, -0.05) is 34.1 Å². The van der Waals surface area contributed by atoms with Gasteiger partial charge in [-0.05, 0) is 25.3 Å². The lowest BCUT2D eigenvalue weighted by Crippen LogP contribution is -2.42. The minimum atomic E-state index is 0.119. The van der Waals surface area contributed by atoms with Crippen LogP contribution in [0.4, 0.5) is 0 Å². The highest BCUT2D eigenvalue weighted by Crippen LogP contribution is 2.09. The molecule has 0 heterocycles. The summed E-state index contributed by atoms with van der Waals surface area (Å²) in [4.78, 5) is 11.8. The highest BCUT2D eigenvalue weighted by Gasteiger charge is 2.18. The molecular weight excluding hydrogens is 188 g/mol. The maximum absolute atomic E-state index is 11.8. The fourth-order valence-corrected chi connectivity index (χ4v) is 1.64. The van der Waals surface area contributed by atoms with Crippen LogP contribution in [0.1, 0.15) is 47.0 Å². The van der Waals surface area contributed by atoms with E-state index in [0.29, 0.717) is 12.5 Å². The van der Waals surface area contributed by atoms with Gasteiger partial charge in [0.2, 0.25) is 5.91 Å². The second kappa shape index (κ2) is 7.69. The summed E-state index contributed by atoms with van der Waals surface area (Å²) in [7, 11) is 0. The molecule has 0 aliphatic carbocycles. The van der Waals surface area contributed by atoms with Gasteiger partial charge in [-0.15, -0.1) is 0 Å². The molecule has 0 spiro atoms. The van der Waals surface area contributed by atoms with Crippen LogP contribution in [0.5, 0.6) is 0 Å². The second-order valence-corrected chi connectivity index (χ2v) is 4.63. The van der Waals surface area contributed by atoms with Crippen molar-refractivity contribution in [3.05, 3.63) is 0 Å². The van der Waals surface area contributed by atoms with Gasteiger partial charge in [0.15, 0.2) is 0 Å². The van der Waals surface area contributed by atoms with E-state index in [0.717, 1.165) is 19.3 Å². The summed E-state index contributed by atoms with van der Waals surface area (Å²) in [5.41, 5.74) is 5.53. The minimum absolute atomic E-state index is 0.119. The van der Waals surface area contributed by atoms with Crippen molar-refractivity contribution in [2.24, 2.45) is 17.6 Å². The molecule has 0 fully saturated rings. The van der Waals surface area contributed by atoms with Crippen molar-refractivity contribution in [2.75, 3.05) is 6.54 Å².